The highest BCUT2D eigenvalue weighted by atomic mass is 16.1. The number of fused-ring (bicyclic) bond motifs is 1. The Morgan fingerprint density at radius 2 is 1.69 bits per heavy atom. The highest BCUT2D eigenvalue weighted by molar-refractivity contribution is 6.09. The summed E-state index contributed by atoms with van der Waals surface area (Å²) in [5.74, 6) is -0.194. The molecule has 0 saturated carbocycles. The third-order valence-corrected chi connectivity index (χ3v) is 4.81. The third-order valence-electron chi connectivity index (χ3n) is 4.81. The van der Waals surface area contributed by atoms with Crippen molar-refractivity contribution in [3.63, 3.8) is 0 Å². The molecule has 0 atom stereocenters. The smallest absolute Gasteiger partial charge is 0.256 e. The molecule has 1 amide bonds. The first-order chi connectivity index (χ1) is 14.3. The van der Waals surface area contributed by atoms with Crippen LogP contribution in [0.25, 0.3) is 28.0 Å². The van der Waals surface area contributed by atoms with Crippen molar-refractivity contribution in [2.45, 2.75) is 0 Å². The van der Waals surface area contributed by atoms with Crippen molar-refractivity contribution in [1.29, 1.82) is 0 Å². The lowest BCUT2D eigenvalue weighted by Gasteiger charge is -2.14. The van der Waals surface area contributed by atoms with E-state index >= 15 is 0 Å². The molecule has 6 nitrogen and oxygen atoms in total. The second-order valence-electron chi connectivity index (χ2n) is 6.57. The van der Waals surface area contributed by atoms with Gasteiger partial charge in [0.2, 0.25) is 0 Å². The average Bonchev–Trinajstić information content (AvgIpc) is 3.44. The van der Waals surface area contributed by atoms with Gasteiger partial charge in [0.05, 0.1) is 34.4 Å². The molecule has 3 aromatic carbocycles. The maximum Gasteiger partial charge on any atom is 0.256 e. The minimum Gasteiger partial charge on any atom is -0.351 e. The van der Waals surface area contributed by atoms with Crippen molar-refractivity contribution in [2.24, 2.45) is 0 Å². The van der Waals surface area contributed by atoms with Gasteiger partial charge in [0.1, 0.15) is 6.33 Å². The lowest BCUT2D eigenvalue weighted by molar-refractivity contribution is 0.102. The van der Waals surface area contributed by atoms with Crippen LogP contribution in [0.3, 0.4) is 0 Å². The summed E-state index contributed by atoms with van der Waals surface area (Å²) in [6.07, 6.45) is 5.15. The van der Waals surface area contributed by atoms with E-state index in [-0.39, 0.29) is 5.91 Å². The third kappa shape index (κ3) is 3.06. The molecular weight excluding hydrogens is 362 g/mol. The van der Waals surface area contributed by atoms with Gasteiger partial charge in [-0.15, -0.1) is 0 Å². The van der Waals surface area contributed by atoms with Gasteiger partial charge in [-0.2, -0.15) is 0 Å². The van der Waals surface area contributed by atoms with Gasteiger partial charge in [-0.1, -0.05) is 42.5 Å². The Balaban J connectivity index is 1.54. The van der Waals surface area contributed by atoms with E-state index in [9.17, 15) is 4.79 Å². The standard InChI is InChI=1S/C23H17N5O/c29-23(17-8-2-1-7-16(17)20-13-24-14-25-20)27-19-10-4-6-12-22(19)28-15-26-18-9-3-5-11-21(18)28/h1-15H,(H,24,25)(H,27,29). The molecule has 2 N–H and O–H groups in total. The number of aromatic nitrogens is 4. The van der Waals surface area contributed by atoms with Gasteiger partial charge in [-0.05, 0) is 30.3 Å². The molecule has 0 aliphatic rings. The molecule has 140 valence electrons. The van der Waals surface area contributed by atoms with Crippen molar-refractivity contribution in [1.82, 2.24) is 19.5 Å². The number of amides is 1. The van der Waals surface area contributed by atoms with Gasteiger partial charge < -0.3 is 10.3 Å². The minimum atomic E-state index is -0.194. The lowest BCUT2D eigenvalue weighted by Crippen LogP contribution is -2.14. The van der Waals surface area contributed by atoms with E-state index in [1.807, 2.05) is 71.3 Å². The number of anilines is 1. The summed E-state index contributed by atoms with van der Waals surface area (Å²) >= 11 is 0. The SMILES string of the molecule is O=C(Nc1ccccc1-n1cnc2ccccc21)c1ccccc1-c1c[nH]cn1. The van der Waals surface area contributed by atoms with Crippen molar-refractivity contribution in [3.05, 3.63) is 97.2 Å². The Morgan fingerprint density at radius 1 is 0.897 bits per heavy atom. The zero-order chi connectivity index (χ0) is 19.6. The van der Waals surface area contributed by atoms with Gasteiger partial charge in [0.25, 0.3) is 5.91 Å². The number of nitrogens with zero attached hydrogens (tertiary/aromatic N) is 3. The first-order valence-electron chi connectivity index (χ1n) is 9.22. The largest absolute Gasteiger partial charge is 0.351 e. The monoisotopic (exact) mass is 379 g/mol. The van der Waals surface area contributed by atoms with Crippen LogP contribution in [0.4, 0.5) is 5.69 Å². The van der Waals surface area contributed by atoms with Crippen LogP contribution in [-0.2, 0) is 0 Å². The summed E-state index contributed by atoms with van der Waals surface area (Å²) < 4.78 is 1.98. The van der Waals surface area contributed by atoms with Crippen LogP contribution in [-0.4, -0.2) is 25.4 Å². The van der Waals surface area contributed by atoms with Crippen molar-refractivity contribution >= 4 is 22.6 Å². The topological polar surface area (TPSA) is 75.6 Å². The van der Waals surface area contributed by atoms with E-state index in [1.165, 1.54) is 0 Å². The van der Waals surface area contributed by atoms with Gasteiger partial charge in [0, 0.05) is 17.3 Å². The number of imidazole rings is 2. The molecule has 0 fully saturated rings. The Hall–Kier alpha value is -4.19. The second-order valence-corrected chi connectivity index (χ2v) is 6.57. The summed E-state index contributed by atoms with van der Waals surface area (Å²) in [5.41, 5.74) is 5.50. The number of rotatable bonds is 4. The summed E-state index contributed by atoms with van der Waals surface area (Å²) in [6, 6.07) is 23.0. The molecule has 6 heteroatoms. The Kier molecular flexibility index (Phi) is 4.14. The maximum atomic E-state index is 13.1. The molecule has 0 aliphatic heterocycles. The average molecular weight is 379 g/mol. The summed E-state index contributed by atoms with van der Waals surface area (Å²) in [5, 5.41) is 3.06. The number of carbonyl (C=O) groups excluding carboxylic acids is 1. The summed E-state index contributed by atoms with van der Waals surface area (Å²) in [4.78, 5) is 24.8. The van der Waals surface area contributed by atoms with Gasteiger partial charge in [0.15, 0.2) is 0 Å². The predicted molar refractivity (Wildman–Crippen MR) is 113 cm³/mol. The summed E-state index contributed by atoms with van der Waals surface area (Å²) in [7, 11) is 0. The van der Waals surface area contributed by atoms with E-state index in [0.29, 0.717) is 11.3 Å². The fraction of sp³-hybridized carbons (Fsp3) is 0. The van der Waals surface area contributed by atoms with Crippen molar-refractivity contribution in [2.75, 3.05) is 5.32 Å². The number of para-hydroxylation sites is 4. The molecule has 2 aromatic heterocycles. The maximum absolute atomic E-state index is 13.1. The van der Waals surface area contributed by atoms with E-state index in [2.05, 4.69) is 20.3 Å². The van der Waals surface area contributed by atoms with Crippen LogP contribution >= 0.6 is 0 Å². The molecule has 0 saturated heterocycles. The normalized spacial score (nSPS) is 10.9. The number of hydrogen-bond donors (Lipinski definition) is 2. The Labute approximate surface area is 166 Å². The van der Waals surface area contributed by atoms with E-state index in [4.69, 9.17) is 0 Å². The zero-order valence-corrected chi connectivity index (χ0v) is 15.4. The fourth-order valence-electron chi connectivity index (χ4n) is 3.44. The lowest BCUT2D eigenvalue weighted by atomic mass is 10.0. The highest BCUT2D eigenvalue weighted by Gasteiger charge is 2.16. The van der Waals surface area contributed by atoms with E-state index in [0.717, 1.165) is 28.0 Å². The van der Waals surface area contributed by atoms with Crippen LogP contribution in [0, 0.1) is 0 Å². The summed E-state index contributed by atoms with van der Waals surface area (Å²) in [6.45, 7) is 0. The van der Waals surface area contributed by atoms with E-state index in [1.54, 1.807) is 24.9 Å². The number of nitrogens with one attached hydrogen (secondary N) is 2. The Morgan fingerprint density at radius 3 is 2.59 bits per heavy atom. The molecule has 0 bridgehead atoms. The molecule has 0 radical (unpaired) electrons. The predicted octanol–water partition coefficient (Wildman–Crippen LogP) is 4.67. The molecule has 5 aromatic rings. The van der Waals surface area contributed by atoms with Crippen LogP contribution < -0.4 is 5.32 Å². The zero-order valence-electron chi connectivity index (χ0n) is 15.4. The van der Waals surface area contributed by atoms with Gasteiger partial charge >= 0.3 is 0 Å². The van der Waals surface area contributed by atoms with Crippen LogP contribution in [0.1, 0.15) is 10.4 Å². The van der Waals surface area contributed by atoms with Crippen LogP contribution in [0.2, 0.25) is 0 Å². The molecule has 2 heterocycles. The second kappa shape index (κ2) is 7.09. The first kappa shape index (κ1) is 16.9. The minimum absolute atomic E-state index is 0.194. The van der Waals surface area contributed by atoms with Crippen molar-refractivity contribution in [3.8, 4) is 16.9 Å². The van der Waals surface area contributed by atoms with Gasteiger partial charge in [-0.3, -0.25) is 9.36 Å². The molecule has 0 spiro atoms. The number of aromatic amines is 1. The first-order valence-corrected chi connectivity index (χ1v) is 9.22. The number of H-pyrrole nitrogens is 1. The number of hydrogen-bond acceptors (Lipinski definition) is 3. The number of benzene rings is 3. The molecular formula is C23H17N5O. The highest BCUT2D eigenvalue weighted by Crippen LogP contribution is 2.27. The molecule has 5 rings (SSSR count). The quantitative estimate of drug-likeness (QED) is 0.476. The molecule has 0 aliphatic carbocycles. The van der Waals surface area contributed by atoms with Crippen LogP contribution in [0.5, 0.6) is 0 Å². The Bertz CT molecular complexity index is 1300. The number of carbonyl (C=O) groups is 1. The fourth-order valence-corrected chi connectivity index (χ4v) is 3.44. The van der Waals surface area contributed by atoms with Crippen LogP contribution in [0.15, 0.2) is 91.6 Å². The molecule has 0 unspecified atom stereocenters. The van der Waals surface area contributed by atoms with Crippen molar-refractivity contribution < 1.29 is 4.79 Å². The van der Waals surface area contributed by atoms with E-state index < -0.39 is 0 Å². The van der Waals surface area contributed by atoms with Gasteiger partial charge in [-0.25, -0.2) is 9.97 Å². The molecule has 29 heavy (non-hydrogen) atoms.